The van der Waals surface area contributed by atoms with Gasteiger partial charge in [0.25, 0.3) is 0 Å². The van der Waals surface area contributed by atoms with E-state index in [2.05, 4.69) is 36.5 Å². The Kier molecular flexibility index (Phi) is 5.35. The van der Waals surface area contributed by atoms with E-state index in [0.29, 0.717) is 0 Å². The van der Waals surface area contributed by atoms with E-state index in [4.69, 9.17) is 0 Å². The molecule has 2 saturated carbocycles. The van der Waals surface area contributed by atoms with Crippen LogP contribution in [0.4, 0.5) is 0 Å². The highest BCUT2D eigenvalue weighted by Crippen LogP contribution is 2.38. The molecule has 2 aliphatic rings. The van der Waals surface area contributed by atoms with Gasteiger partial charge in [0.1, 0.15) is 0 Å². The summed E-state index contributed by atoms with van der Waals surface area (Å²) < 4.78 is 0. The molecule has 0 spiro atoms. The van der Waals surface area contributed by atoms with Crippen LogP contribution in [0.1, 0.15) is 68.9 Å². The maximum Gasteiger partial charge on any atom is 0.0208 e. The molecule has 1 nitrogen and oxygen atoms in total. The third-order valence-corrected chi connectivity index (χ3v) is 5.76. The topological polar surface area (TPSA) is 12.0 Å². The van der Waals surface area contributed by atoms with Gasteiger partial charge in [0.05, 0.1) is 0 Å². The molecule has 3 rings (SSSR count). The van der Waals surface area contributed by atoms with Gasteiger partial charge in [-0.25, -0.2) is 0 Å². The number of hydrogen-bond donors (Lipinski definition) is 1. The predicted molar refractivity (Wildman–Crippen MR) is 90.3 cm³/mol. The smallest absolute Gasteiger partial charge is 0.0208 e. The van der Waals surface area contributed by atoms with Crippen LogP contribution in [0.15, 0.2) is 24.3 Å². The fourth-order valence-corrected chi connectivity index (χ4v) is 4.49. The van der Waals surface area contributed by atoms with Crippen LogP contribution in [0.5, 0.6) is 0 Å². The second-order valence-electron chi connectivity index (χ2n) is 7.32. The van der Waals surface area contributed by atoms with Crippen molar-refractivity contribution in [1.82, 2.24) is 5.32 Å². The number of hydrogen-bond acceptors (Lipinski definition) is 1. The highest BCUT2D eigenvalue weighted by molar-refractivity contribution is 5.21. The second-order valence-corrected chi connectivity index (χ2v) is 7.32. The average Bonchev–Trinajstić information content (AvgIpc) is 2.55. The molecule has 116 valence electrons. The van der Waals surface area contributed by atoms with Crippen molar-refractivity contribution in [3.8, 4) is 0 Å². The first-order valence-electron chi connectivity index (χ1n) is 9.12. The Morgan fingerprint density at radius 1 is 0.857 bits per heavy atom. The lowest BCUT2D eigenvalue weighted by molar-refractivity contribution is 0.149. The minimum Gasteiger partial charge on any atom is -0.310 e. The summed E-state index contributed by atoms with van der Waals surface area (Å²) in [6.45, 7) is 3.21. The van der Waals surface area contributed by atoms with E-state index in [1.807, 2.05) is 0 Å². The molecule has 2 atom stereocenters. The predicted octanol–water partition coefficient (Wildman–Crippen LogP) is 5.22. The van der Waals surface area contributed by atoms with E-state index < -0.39 is 0 Å². The standard InChI is InChI=1S/C20H31N/c1-16-11-13-17(14-12-16)15-21-20-10-6-5-9-19(20)18-7-3-2-4-8-18/h11-14,18-21H,2-10,15H2,1H3. The first-order chi connectivity index (χ1) is 10.3. The summed E-state index contributed by atoms with van der Waals surface area (Å²) in [6, 6.07) is 9.79. The normalized spacial score (nSPS) is 27.7. The molecule has 0 bridgehead atoms. The Bertz CT molecular complexity index is 416. The fourth-order valence-electron chi connectivity index (χ4n) is 4.49. The van der Waals surface area contributed by atoms with Crippen LogP contribution < -0.4 is 5.32 Å². The van der Waals surface area contributed by atoms with Crippen molar-refractivity contribution in [2.24, 2.45) is 11.8 Å². The SMILES string of the molecule is Cc1ccc(CNC2CCCCC2C2CCCCC2)cc1. The van der Waals surface area contributed by atoms with Crippen molar-refractivity contribution < 1.29 is 0 Å². The van der Waals surface area contributed by atoms with Gasteiger partial charge in [-0.15, -0.1) is 0 Å². The van der Waals surface area contributed by atoms with E-state index in [1.54, 1.807) is 0 Å². The molecule has 0 aliphatic heterocycles. The minimum atomic E-state index is 0.767. The first-order valence-corrected chi connectivity index (χ1v) is 9.12. The zero-order valence-electron chi connectivity index (χ0n) is 13.6. The van der Waals surface area contributed by atoms with Crippen molar-refractivity contribution in [3.63, 3.8) is 0 Å². The summed E-state index contributed by atoms with van der Waals surface area (Å²) in [4.78, 5) is 0. The van der Waals surface area contributed by atoms with Gasteiger partial charge in [-0.3, -0.25) is 0 Å². The zero-order chi connectivity index (χ0) is 14.5. The fraction of sp³-hybridized carbons (Fsp3) is 0.700. The lowest BCUT2D eigenvalue weighted by Gasteiger charge is -2.39. The molecule has 1 aromatic carbocycles. The lowest BCUT2D eigenvalue weighted by atomic mass is 9.71. The molecular weight excluding hydrogens is 254 g/mol. The maximum atomic E-state index is 3.90. The molecule has 1 heteroatoms. The van der Waals surface area contributed by atoms with Gasteiger partial charge in [0.15, 0.2) is 0 Å². The molecule has 2 unspecified atom stereocenters. The quantitative estimate of drug-likeness (QED) is 0.799. The van der Waals surface area contributed by atoms with Crippen LogP contribution in [0.25, 0.3) is 0 Å². The molecule has 1 N–H and O–H groups in total. The highest BCUT2D eigenvalue weighted by Gasteiger charge is 2.31. The monoisotopic (exact) mass is 285 g/mol. The van der Waals surface area contributed by atoms with E-state index in [1.165, 1.54) is 68.9 Å². The van der Waals surface area contributed by atoms with E-state index in [-0.39, 0.29) is 0 Å². The number of benzene rings is 1. The Morgan fingerprint density at radius 3 is 2.29 bits per heavy atom. The molecule has 0 aromatic heterocycles. The summed E-state index contributed by atoms with van der Waals surface area (Å²) >= 11 is 0. The number of aryl methyl sites for hydroxylation is 1. The Hall–Kier alpha value is -0.820. The van der Waals surface area contributed by atoms with Crippen LogP contribution in [-0.2, 0) is 6.54 Å². The largest absolute Gasteiger partial charge is 0.310 e. The molecule has 2 aliphatic carbocycles. The van der Waals surface area contributed by atoms with Crippen molar-refractivity contribution in [2.75, 3.05) is 0 Å². The molecule has 0 saturated heterocycles. The van der Waals surface area contributed by atoms with Crippen LogP contribution >= 0.6 is 0 Å². The molecule has 1 aromatic rings. The van der Waals surface area contributed by atoms with Gasteiger partial charge in [0, 0.05) is 12.6 Å². The number of rotatable bonds is 4. The lowest BCUT2D eigenvalue weighted by Crippen LogP contribution is -2.42. The highest BCUT2D eigenvalue weighted by atomic mass is 14.9. The Balaban J connectivity index is 1.57. The van der Waals surface area contributed by atoms with Crippen molar-refractivity contribution in [1.29, 1.82) is 0 Å². The van der Waals surface area contributed by atoms with Gasteiger partial charge in [0.2, 0.25) is 0 Å². The van der Waals surface area contributed by atoms with Gasteiger partial charge in [-0.05, 0) is 37.2 Å². The van der Waals surface area contributed by atoms with Gasteiger partial charge in [-0.2, -0.15) is 0 Å². The Morgan fingerprint density at radius 2 is 1.52 bits per heavy atom. The molecule has 0 amide bonds. The van der Waals surface area contributed by atoms with Gasteiger partial charge in [-0.1, -0.05) is 74.8 Å². The second kappa shape index (κ2) is 7.45. The summed E-state index contributed by atoms with van der Waals surface area (Å²) in [5, 5.41) is 3.90. The zero-order valence-corrected chi connectivity index (χ0v) is 13.6. The maximum absolute atomic E-state index is 3.90. The third kappa shape index (κ3) is 4.10. The van der Waals surface area contributed by atoms with Crippen molar-refractivity contribution in [2.45, 2.75) is 77.3 Å². The molecule has 0 heterocycles. The summed E-state index contributed by atoms with van der Waals surface area (Å²) in [6.07, 6.45) is 13.2. The molecular formula is C20H31N. The Labute approximate surface area is 130 Å². The van der Waals surface area contributed by atoms with Gasteiger partial charge >= 0.3 is 0 Å². The van der Waals surface area contributed by atoms with E-state index in [0.717, 1.165) is 24.4 Å². The number of nitrogens with one attached hydrogen (secondary N) is 1. The average molecular weight is 285 g/mol. The van der Waals surface area contributed by atoms with Crippen LogP contribution in [0.3, 0.4) is 0 Å². The van der Waals surface area contributed by atoms with Gasteiger partial charge < -0.3 is 5.32 Å². The van der Waals surface area contributed by atoms with Crippen LogP contribution in [0.2, 0.25) is 0 Å². The van der Waals surface area contributed by atoms with E-state index >= 15 is 0 Å². The molecule has 0 radical (unpaired) electrons. The summed E-state index contributed by atoms with van der Waals surface area (Å²) in [5.41, 5.74) is 2.80. The molecule has 2 fully saturated rings. The van der Waals surface area contributed by atoms with E-state index in [9.17, 15) is 0 Å². The third-order valence-electron chi connectivity index (χ3n) is 5.76. The van der Waals surface area contributed by atoms with Crippen LogP contribution in [-0.4, -0.2) is 6.04 Å². The summed E-state index contributed by atoms with van der Waals surface area (Å²) in [5.74, 6) is 1.96. The first kappa shape index (κ1) is 15.1. The molecule has 21 heavy (non-hydrogen) atoms. The summed E-state index contributed by atoms with van der Waals surface area (Å²) in [7, 11) is 0. The minimum absolute atomic E-state index is 0.767. The van der Waals surface area contributed by atoms with Crippen LogP contribution in [0, 0.1) is 18.8 Å². The van der Waals surface area contributed by atoms with Crippen molar-refractivity contribution in [3.05, 3.63) is 35.4 Å². The van der Waals surface area contributed by atoms with Crippen molar-refractivity contribution >= 4 is 0 Å².